The first-order valence-corrected chi connectivity index (χ1v) is 11.8. The second kappa shape index (κ2) is 8.80. The lowest BCUT2D eigenvalue weighted by molar-refractivity contribution is -0.134. The number of aromatic amines is 1. The maximum Gasteiger partial charge on any atom is 0.282 e. The van der Waals surface area contributed by atoms with Gasteiger partial charge in [-0.15, -0.1) is 0 Å². The molecular weight excluding hydrogens is 494 g/mol. The first kappa shape index (κ1) is 22.7. The maximum absolute atomic E-state index is 14.9. The van der Waals surface area contributed by atoms with Gasteiger partial charge in [-0.05, 0) is 31.5 Å². The molecule has 14 heteroatoms. The van der Waals surface area contributed by atoms with Gasteiger partial charge in [-0.25, -0.2) is 32.5 Å². The summed E-state index contributed by atoms with van der Waals surface area (Å²) in [4.78, 5) is 18.9. The van der Waals surface area contributed by atoms with Gasteiger partial charge in [-0.3, -0.25) is 14.5 Å². The molecule has 4 aromatic rings. The van der Waals surface area contributed by atoms with E-state index in [0.717, 1.165) is 0 Å². The van der Waals surface area contributed by atoms with Crippen molar-refractivity contribution in [1.82, 2.24) is 34.0 Å². The minimum absolute atomic E-state index is 0.00781. The Morgan fingerprint density at radius 2 is 2.08 bits per heavy atom. The fourth-order valence-corrected chi connectivity index (χ4v) is 4.90. The van der Waals surface area contributed by atoms with Crippen molar-refractivity contribution in [2.75, 3.05) is 32.0 Å². The lowest BCUT2D eigenvalue weighted by atomic mass is 9.99. The zero-order valence-corrected chi connectivity index (χ0v) is 19.8. The number of H-pyrrole nitrogens is 1. The fourth-order valence-electron chi connectivity index (χ4n) is 4.90. The molecule has 2 saturated heterocycles. The number of rotatable bonds is 5. The number of nitrogens with one attached hydrogen (secondary N) is 1. The third-order valence-electron chi connectivity index (χ3n) is 6.88. The highest BCUT2D eigenvalue weighted by Crippen LogP contribution is 2.32. The third-order valence-corrected chi connectivity index (χ3v) is 6.88. The minimum atomic E-state index is -3.07. The zero-order chi connectivity index (χ0) is 26.8. The Kier molecular flexibility index (Phi) is 5.39. The maximum atomic E-state index is 14.9. The van der Waals surface area contributed by atoms with Crippen LogP contribution in [0.4, 0.5) is 23.4 Å². The van der Waals surface area contributed by atoms with Crippen LogP contribution in [0, 0.1) is 6.92 Å². The second-order valence-corrected chi connectivity index (χ2v) is 9.36. The van der Waals surface area contributed by atoms with E-state index in [0.29, 0.717) is 47.9 Å². The number of halogens is 4. The van der Waals surface area contributed by atoms with Gasteiger partial charge in [0.1, 0.15) is 22.9 Å². The first-order valence-electron chi connectivity index (χ1n) is 12.3. The average molecular weight is 521 g/mol. The van der Waals surface area contributed by atoms with Crippen LogP contribution in [0.1, 0.15) is 13.6 Å². The van der Waals surface area contributed by atoms with Crippen LogP contribution in [0.25, 0.3) is 27.9 Å². The highest BCUT2D eigenvalue weighted by atomic mass is 19.3. The van der Waals surface area contributed by atoms with Crippen molar-refractivity contribution in [3.8, 4) is 11.3 Å². The molecule has 2 aliphatic rings. The number of fused-ring (bicyclic) bond motifs is 2. The molecule has 37 heavy (non-hydrogen) atoms. The second-order valence-electron chi connectivity index (χ2n) is 9.36. The van der Waals surface area contributed by atoms with E-state index in [1.807, 2.05) is 0 Å². The monoisotopic (exact) mass is 520 g/mol. The highest BCUT2D eigenvalue weighted by molar-refractivity contribution is 5.88. The standard InChI is InChI=1S/C23H25F4N9O/c1-12-29-16-3-2-15(30-21(16)35(12)8-18(24)25)14-4-7-36-19(14)20(28)32-22(33-36)31-17-5-6-34(11-23(17,26)27)13-9-37-10-13/h2-4,7,13,17-18H,5-6,8-11H2,1H3,(H3,28,31,32,33)/t17-/m1/s1/i7D. The summed E-state index contributed by atoms with van der Waals surface area (Å²) >= 11 is 0. The van der Waals surface area contributed by atoms with Gasteiger partial charge < -0.3 is 15.0 Å². The molecule has 10 nitrogen and oxygen atoms in total. The number of nitrogen functional groups attached to an aromatic ring is 1. The Hall–Kier alpha value is -3.52. The van der Waals surface area contributed by atoms with Gasteiger partial charge in [0.15, 0.2) is 11.5 Å². The molecule has 1 atom stereocenters. The van der Waals surface area contributed by atoms with Gasteiger partial charge in [-0.1, -0.05) is 0 Å². The smallest absolute Gasteiger partial charge is 0.282 e. The highest BCUT2D eigenvalue weighted by Gasteiger charge is 2.47. The average Bonchev–Trinajstić information content (AvgIpc) is 3.30. The van der Waals surface area contributed by atoms with Gasteiger partial charge in [0, 0.05) is 18.3 Å². The van der Waals surface area contributed by atoms with Gasteiger partial charge in [-0.2, -0.15) is 4.98 Å². The number of likely N-dealkylation sites (tertiary alicyclic amines) is 1. The molecule has 0 aromatic carbocycles. The summed E-state index contributed by atoms with van der Waals surface area (Å²) in [7, 11) is 0. The third kappa shape index (κ3) is 4.23. The number of imidazole rings is 1. The molecule has 0 bridgehead atoms. The van der Waals surface area contributed by atoms with Gasteiger partial charge in [0.2, 0.25) is 5.62 Å². The SMILES string of the molecule is [2H]c1cc(-c2ccc3nc(C)n(CC(F)F)c3n2)c2c(N)nc(=N[C@@H]3CCN(C4COC4)CC3(F)F)[nH]n12. The van der Waals surface area contributed by atoms with Crippen molar-refractivity contribution in [2.45, 2.75) is 44.3 Å². The summed E-state index contributed by atoms with van der Waals surface area (Å²) in [6.45, 7) is 2.02. The molecule has 0 spiro atoms. The first-order chi connectivity index (χ1) is 18.1. The predicted molar refractivity (Wildman–Crippen MR) is 126 cm³/mol. The molecule has 2 fully saturated rings. The molecule has 6 rings (SSSR count). The molecule has 0 aliphatic carbocycles. The molecule has 0 amide bonds. The van der Waals surface area contributed by atoms with E-state index in [1.54, 1.807) is 24.0 Å². The summed E-state index contributed by atoms with van der Waals surface area (Å²) in [5.41, 5.74) is 7.93. The number of aromatic nitrogens is 6. The number of pyridine rings is 1. The number of hydrogen-bond acceptors (Lipinski definition) is 7. The number of piperidine rings is 1. The van der Waals surface area contributed by atoms with Crippen LogP contribution in [0.5, 0.6) is 0 Å². The summed E-state index contributed by atoms with van der Waals surface area (Å²) in [6, 6.07) is 3.49. The Bertz CT molecular complexity index is 1590. The number of aryl methyl sites for hydroxylation is 1. The van der Waals surface area contributed by atoms with Crippen molar-refractivity contribution in [1.29, 1.82) is 0 Å². The number of nitrogens with zero attached hydrogens (tertiary/aromatic N) is 7. The summed E-state index contributed by atoms with van der Waals surface area (Å²) in [5.74, 6) is -2.71. The Balaban J connectivity index is 1.38. The van der Waals surface area contributed by atoms with Crippen LogP contribution in [0.3, 0.4) is 0 Å². The van der Waals surface area contributed by atoms with Crippen molar-refractivity contribution in [3.63, 3.8) is 0 Å². The zero-order valence-electron chi connectivity index (χ0n) is 20.8. The molecule has 3 N–H and O–H groups in total. The molecule has 196 valence electrons. The number of anilines is 1. The number of nitrogens with two attached hydrogens (primary N) is 1. The Morgan fingerprint density at radius 1 is 1.27 bits per heavy atom. The van der Waals surface area contributed by atoms with Gasteiger partial charge in [0.25, 0.3) is 12.3 Å². The Morgan fingerprint density at radius 3 is 2.78 bits per heavy atom. The molecule has 6 heterocycles. The summed E-state index contributed by atoms with van der Waals surface area (Å²) in [5, 5.41) is 2.81. The van der Waals surface area contributed by atoms with Crippen LogP contribution in [-0.4, -0.2) is 84.8 Å². The van der Waals surface area contributed by atoms with Crippen molar-refractivity contribution in [2.24, 2.45) is 4.99 Å². The van der Waals surface area contributed by atoms with Crippen LogP contribution in [0.15, 0.2) is 29.4 Å². The summed E-state index contributed by atoms with van der Waals surface area (Å²) in [6.07, 6.45) is -2.49. The van der Waals surface area contributed by atoms with Crippen LogP contribution < -0.4 is 11.4 Å². The topological polar surface area (TPSA) is 115 Å². The largest absolute Gasteiger partial charge is 0.382 e. The fraction of sp³-hybridized carbons (Fsp3) is 0.478. The summed E-state index contributed by atoms with van der Waals surface area (Å²) < 4.78 is 72.3. The predicted octanol–water partition coefficient (Wildman–Crippen LogP) is 2.24. The van der Waals surface area contributed by atoms with Crippen LogP contribution >= 0.6 is 0 Å². The van der Waals surface area contributed by atoms with Crippen LogP contribution in [-0.2, 0) is 11.3 Å². The molecule has 0 unspecified atom stereocenters. The molecular formula is C23H25F4N9O. The van der Waals surface area contributed by atoms with Crippen molar-refractivity contribution < 1.29 is 23.7 Å². The van der Waals surface area contributed by atoms with E-state index >= 15 is 0 Å². The van der Waals surface area contributed by atoms with E-state index < -0.39 is 31.5 Å². The van der Waals surface area contributed by atoms with E-state index in [9.17, 15) is 17.6 Å². The van der Waals surface area contributed by atoms with Crippen molar-refractivity contribution in [3.05, 3.63) is 35.8 Å². The normalized spacial score (nSPS) is 21.7. The quantitative estimate of drug-likeness (QED) is 0.390. The van der Waals surface area contributed by atoms with Gasteiger partial charge in [0.05, 0.1) is 39.4 Å². The van der Waals surface area contributed by atoms with E-state index in [4.69, 9.17) is 11.8 Å². The number of hydrogen-bond donors (Lipinski definition) is 2. The Labute approximate surface area is 209 Å². The number of ether oxygens (including phenoxy) is 1. The molecule has 4 aromatic heterocycles. The van der Waals surface area contributed by atoms with E-state index in [2.05, 4.69) is 25.0 Å². The van der Waals surface area contributed by atoms with Gasteiger partial charge >= 0.3 is 0 Å². The van der Waals surface area contributed by atoms with Crippen molar-refractivity contribution >= 4 is 22.5 Å². The van der Waals surface area contributed by atoms with E-state index in [1.165, 1.54) is 15.1 Å². The molecule has 0 saturated carbocycles. The molecule has 2 aliphatic heterocycles. The van der Waals surface area contributed by atoms with Crippen LogP contribution in [0.2, 0.25) is 0 Å². The lowest BCUT2D eigenvalue weighted by Gasteiger charge is -2.43. The number of alkyl halides is 4. The van der Waals surface area contributed by atoms with E-state index in [-0.39, 0.29) is 35.7 Å². The minimum Gasteiger partial charge on any atom is -0.382 e. The lowest BCUT2D eigenvalue weighted by Crippen LogP contribution is -2.59. The molecule has 0 radical (unpaired) electrons.